The maximum atomic E-state index is 11.8. The fraction of sp³-hybridized carbons (Fsp3) is 0.889. The Hall–Kier alpha value is -0.710. The summed E-state index contributed by atoms with van der Waals surface area (Å²) >= 11 is 0. The summed E-state index contributed by atoms with van der Waals surface area (Å²) in [5.74, 6) is -1.13. The zero-order valence-corrected chi connectivity index (χ0v) is 7.88. The largest absolute Gasteiger partial charge is 0.481 e. The molecule has 0 radical (unpaired) electrons. The molecular weight excluding hydrogens is 192 g/mol. The second kappa shape index (κ2) is 5.24. The van der Waals surface area contributed by atoms with Crippen molar-refractivity contribution in [3.05, 3.63) is 0 Å². The van der Waals surface area contributed by atoms with Gasteiger partial charge in [-0.25, -0.2) is 8.78 Å². The highest BCUT2D eigenvalue weighted by molar-refractivity contribution is 5.70. The van der Waals surface area contributed by atoms with Gasteiger partial charge in [0.05, 0.1) is 12.5 Å². The normalized spacial score (nSPS) is 27.1. The van der Waals surface area contributed by atoms with Crippen LogP contribution in [0.4, 0.5) is 8.78 Å². The van der Waals surface area contributed by atoms with Gasteiger partial charge in [-0.15, -0.1) is 0 Å². The minimum absolute atomic E-state index is 0.0197. The summed E-state index contributed by atoms with van der Waals surface area (Å²) in [7, 11) is 0. The van der Waals surface area contributed by atoms with Crippen LogP contribution in [-0.2, 0) is 4.79 Å². The molecule has 0 aromatic heterocycles. The van der Waals surface area contributed by atoms with Crippen molar-refractivity contribution in [3.8, 4) is 0 Å². The summed E-state index contributed by atoms with van der Waals surface area (Å²) < 4.78 is 23.6. The molecule has 1 fully saturated rings. The third-order valence-electron chi connectivity index (χ3n) is 2.68. The number of hydrogen-bond donors (Lipinski definition) is 2. The van der Waals surface area contributed by atoms with E-state index in [-0.39, 0.29) is 18.4 Å². The molecule has 2 N–H and O–H groups in total. The lowest BCUT2D eigenvalue weighted by atomic mass is 9.96. The zero-order valence-electron chi connectivity index (χ0n) is 7.88. The Labute approximate surface area is 81.5 Å². The topological polar surface area (TPSA) is 49.3 Å². The van der Waals surface area contributed by atoms with E-state index in [2.05, 4.69) is 5.32 Å². The van der Waals surface area contributed by atoms with Gasteiger partial charge in [-0.2, -0.15) is 0 Å². The van der Waals surface area contributed by atoms with Crippen molar-refractivity contribution in [2.45, 2.75) is 25.7 Å². The van der Waals surface area contributed by atoms with Gasteiger partial charge < -0.3 is 10.4 Å². The highest BCUT2D eigenvalue weighted by Gasteiger charge is 2.32. The number of aliphatic carboxylic acids is 1. The van der Waals surface area contributed by atoms with E-state index in [1.54, 1.807) is 0 Å². The van der Waals surface area contributed by atoms with Crippen LogP contribution in [0.5, 0.6) is 0 Å². The number of carbonyl (C=O) groups is 1. The molecule has 0 aromatic rings. The molecule has 82 valence electrons. The molecule has 0 spiro atoms. The molecule has 1 aliphatic rings. The highest BCUT2D eigenvalue weighted by atomic mass is 19.3. The van der Waals surface area contributed by atoms with E-state index in [0.29, 0.717) is 13.0 Å². The van der Waals surface area contributed by atoms with Crippen LogP contribution in [0.3, 0.4) is 0 Å². The maximum Gasteiger partial charge on any atom is 0.306 e. The van der Waals surface area contributed by atoms with Crippen LogP contribution in [0.1, 0.15) is 19.3 Å². The monoisotopic (exact) mass is 207 g/mol. The minimum atomic E-state index is -2.36. The second-order valence-electron chi connectivity index (χ2n) is 3.69. The first-order valence-corrected chi connectivity index (χ1v) is 4.83. The fourth-order valence-electron chi connectivity index (χ4n) is 1.98. The van der Waals surface area contributed by atoms with Gasteiger partial charge >= 0.3 is 5.97 Å². The molecule has 1 aliphatic carbocycles. The van der Waals surface area contributed by atoms with Gasteiger partial charge in [0.1, 0.15) is 0 Å². The van der Waals surface area contributed by atoms with E-state index >= 15 is 0 Å². The Bertz CT molecular complexity index is 199. The standard InChI is InChI=1S/C9H15F2NO2/c10-8(11)5-12-4-6-2-1-3-7(6)9(13)14/h6-8,12H,1-5H2,(H,13,14). The molecular formula is C9H15F2NO2. The molecule has 0 heterocycles. The second-order valence-corrected chi connectivity index (χ2v) is 3.69. The third kappa shape index (κ3) is 3.21. The van der Waals surface area contributed by atoms with E-state index in [1.165, 1.54) is 0 Å². The predicted octanol–water partition coefficient (Wildman–Crippen LogP) is 1.34. The van der Waals surface area contributed by atoms with Gasteiger partial charge in [0.25, 0.3) is 6.43 Å². The van der Waals surface area contributed by atoms with E-state index in [4.69, 9.17) is 5.11 Å². The predicted molar refractivity (Wildman–Crippen MR) is 47.3 cm³/mol. The lowest BCUT2D eigenvalue weighted by Gasteiger charge is -2.15. The Morgan fingerprint density at radius 1 is 1.50 bits per heavy atom. The van der Waals surface area contributed by atoms with Crippen molar-refractivity contribution in [1.82, 2.24) is 5.32 Å². The molecule has 0 aliphatic heterocycles. The molecule has 2 atom stereocenters. The van der Waals surface area contributed by atoms with Gasteiger partial charge in [0, 0.05) is 0 Å². The summed E-state index contributed by atoms with van der Waals surface area (Å²) in [5, 5.41) is 11.4. The lowest BCUT2D eigenvalue weighted by Crippen LogP contribution is -2.31. The first-order chi connectivity index (χ1) is 6.61. The summed E-state index contributed by atoms with van der Waals surface area (Å²) in [4.78, 5) is 10.7. The van der Waals surface area contributed by atoms with Gasteiger partial charge in [-0.05, 0) is 25.3 Å². The average molecular weight is 207 g/mol. The van der Waals surface area contributed by atoms with E-state index in [9.17, 15) is 13.6 Å². The molecule has 3 nitrogen and oxygen atoms in total. The van der Waals surface area contributed by atoms with Crippen LogP contribution in [0, 0.1) is 11.8 Å². The first kappa shape index (κ1) is 11.4. The lowest BCUT2D eigenvalue weighted by molar-refractivity contribution is -0.142. The number of carboxylic acids is 1. The molecule has 5 heteroatoms. The number of rotatable bonds is 5. The van der Waals surface area contributed by atoms with Crippen molar-refractivity contribution in [2.24, 2.45) is 11.8 Å². The van der Waals surface area contributed by atoms with Gasteiger partial charge in [-0.3, -0.25) is 4.79 Å². The van der Waals surface area contributed by atoms with Crippen LogP contribution in [-0.4, -0.2) is 30.6 Å². The summed E-state index contributed by atoms with van der Waals surface area (Å²) in [6.07, 6.45) is 0.0290. The maximum absolute atomic E-state index is 11.8. The van der Waals surface area contributed by atoms with Gasteiger partial charge in [0.15, 0.2) is 0 Å². The van der Waals surface area contributed by atoms with E-state index < -0.39 is 12.4 Å². The van der Waals surface area contributed by atoms with Crippen molar-refractivity contribution >= 4 is 5.97 Å². The first-order valence-electron chi connectivity index (χ1n) is 4.83. The molecule has 0 aromatic carbocycles. The molecule has 2 unspecified atom stereocenters. The quantitative estimate of drug-likeness (QED) is 0.715. The fourth-order valence-corrected chi connectivity index (χ4v) is 1.98. The number of alkyl halides is 2. The molecule has 0 bridgehead atoms. The van der Waals surface area contributed by atoms with Crippen LogP contribution in [0.15, 0.2) is 0 Å². The Balaban J connectivity index is 2.26. The number of hydrogen-bond acceptors (Lipinski definition) is 2. The van der Waals surface area contributed by atoms with Crippen molar-refractivity contribution < 1.29 is 18.7 Å². The van der Waals surface area contributed by atoms with E-state index in [1.807, 2.05) is 0 Å². The van der Waals surface area contributed by atoms with Crippen LogP contribution in [0.25, 0.3) is 0 Å². The van der Waals surface area contributed by atoms with Gasteiger partial charge in [0.2, 0.25) is 0 Å². The molecule has 0 saturated heterocycles. The van der Waals surface area contributed by atoms with Crippen LogP contribution >= 0.6 is 0 Å². The summed E-state index contributed by atoms with van der Waals surface area (Å²) in [6.45, 7) is 0.0458. The third-order valence-corrected chi connectivity index (χ3v) is 2.68. The van der Waals surface area contributed by atoms with Crippen LogP contribution in [0.2, 0.25) is 0 Å². The van der Waals surface area contributed by atoms with Crippen LogP contribution < -0.4 is 5.32 Å². The Kier molecular flexibility index (Phi) is 4.25. The van der Waals surface area contributed by atoms with Crippen molar-refractivity contribution in [1.29, 1.82) is 0 Å². The number of nitrogens with one attached hydrogen (secondary N) is 1. The van der Waals surface area contributed by atoms with Crippen molar-refractivity contribution in [2.75, 3.05) is 13.1 Å². The molecule has 14 heavy (non-hydrogen) atoms. The molecule has 0 amide bonds. The highest BCUT2D eigenvalue weighted by Crippen LogP contribution is 2.31. The van der Waals surface area contributed by atoms with Crippen molar-refractivity contribution in [3.63, 3.8) is 0 Å². The minimum Gasteiger partial charge on any atom is -0.481 e. The Morgan fingerprint density at radius 2 is 2.21 bits per heavy atom. The van der Waals surface area contributed by atoms with Gasteiger partial charge in [-0.1, -0.05) is 6.42 Å². The zero-order chi connectivity index (χ0) is 10.6. The number of halogens is 2. The summed E-state index contributed by atoms with van der Waals surface area (Å²) in [5.41, 5.74) is 0. The Morgan fingerprint density at radius 3 is 2.79 bits per heavy atom. The van der Waals surface area contributed by atoms with E-state index in [0.717, 1.165) is 12.8 Å². The average Bonchev–Trinajstić information content (AvgIpc) is 2.51. The number of carboxylic acid groups (broad SMARTS) is 1. The summed E-state index contributed by atoms with van der Waals surface area (Å²) in [6, 6.07) is 0. The molecule has 1 saturated carbocycles. The smallest absolute Gasteiger partial charge is 0.306 e. The SMILES string of the molecule is O=C(O)C1CCCC1CNCC(F)F. The molecule has 1 rings (SSSR count).